The Kier molecular flexibility index (Phi) is 4.92. The monoisotopic (exact) mass is 444 g/mol. The minimum absolute atomic E-state index is 0.166. The quantitative estimate of drug-likeness (QED) is 0.788. The summed E-state index contributed by atoms with van der Waals surface area (Å²) < 4.78 is 6.15. The van der Waals surface area contributed by atoms with E-state index in [0.29, 0.717) is 10.9 Å². The first-order valence-electron chi connectivity index (χ1n) is 8.45. The fraction of sp³-hybridized carbons (Fsp3) is 0.211. The first-order valence-corrected chi connectivity index (χ1v) is 10.2. The Morgan fingerprint density at radius 2 is 2.11 bits per heavy atom. The second kappa shape index (κ2) is 7.36. The fourth-order valence-electron chi connectivity index (χ4n) is 3.09. The van der Waals surface area contributed by atoms with Gasteiger partial charge in [-0.2, -0.15) is 0 Å². The van der Waals surface area contributed by atoms with Crippen molar-refractivity contribution in [2.45, 2.75) is 13.1 Å². The Labute approximate surface area is 169 Å². The summed E-state index contributed by atoms with van der Waals surface area (Å²) in [6.07, 6.45) is -0.435. The fourth-order valence-corrected chi connectivity index (χ4v) is 4.23. The number of rotatable bonds is 3. The number of para-hydroxylation sites is 1. The molecule has 0 aliphatic carbocycles. The molecule has 0 bridgehead atoms. The Bertz CT molecular complexity index is 1070. The number of hydrogen-bond acceptors (Lipinski definition) is 6. The van der Waals surface area contributed by atoms with Crippen LogP contribution in [0.3, 0.4) is 0 Å². The van der Waals surface area contributed by atoms with Crippen LogP contribution in [0.15, 0.2) is 57.0 Å². The minimum Gasteiger partial charge on any atom is -0.496 e. The maximum absolute atomic E-state index is 12.9. The summed E-state index contributed by atoms with van der Waals surface area (Å²) in [5, 5.41) is 11.4. The first kappa shape index (κ1) is 18.1. The van der Waals surface area contributed by atoms with E-state index in [1.807, 2.05) is 49.4 Å². The molecule has 0 saturated carbocycles. The summed E-state index contributed by atoms with van der Waals surface area (Å²) in [6, 6.07) is 13.4. The molecule has 6 nitrogen and oxygen atoms in total. The van der Waals surface area contributed by atoms with E-state index in [2.05, 4.69) is 26.3 Å². The second-order valence-electron chi connectivity index (χ2n) is 5.90. The zero-order chi connectivity index (χ0) is 19.0. The summed E-state index contributed by atoms with van der Waals surface area (Å²) in [7, 11) is 1.63. The van der Waals surface area contributed by atoms with Crippen molar-refractivity contribution < 1.29 is 9.53 Å². The van der Waals surface area contributed by atoms with Gasteiger partial charge in [0.05, 0.1) is 16.9 Å². The summed E-state index contributed by atoms with van der Waals surface area (Å²) in [5.74, 6) is 1.39. The Morgan fingerprint density at radius 3 is 2.85 bits per heavy atom. The predicted octanol–water partition coefficient (Wildman–Crippen LogP) is 2.35. The number of methoxy groups -OCH3 is 1. The molecule has 138 valence electrons. The molecule has 1 N–H and O–H groups in total. The van der Waals surface area contributed by atoms with Crippen molar-refractivity contribution >= 4 is 44.5 Å². The van der Waals surface area contributed by atoms with Gasteiger partial charge in [-0.3, -0.25) is 15.1 Å². The lowest BCUT2D eigenvalue weighted by molar-refractivity contribution is -0.116. The molecule has 27 heavy (non-hydrogen) atoms. The van der Waals surface area contributed by atoms with Crippen LogP contribution in [0.1, 0.15) is 18.7 Å². The molecular weight excluding hydrogens is 428 g/mol. The molecule has 0 fully saturated rings. The van der Waals surface area contributed by atoms with Crippen LogP contribution in [0.5, 0.6) is 5.75 Å². The summed E-state index contributed by atoms with van der Waals surface area (Å²) in [6.45, 7) is 2.02. The van der Waals surface area contributed by atoms with Gasteiger partial charge in [-0.1, -0.05) is 43.0 Å². The number of hydrazone groups is 1. The number of amidine groups is 1. The molecule has 0 radical (unpaired) electrons. The van der Waals surface area contributed by atoms with Gasteiger partial charge < -0.3 is 4.74 Å². The summed E-state index contributed by atoms with van der Waals surface area (Å²) in [5.41, 5.74) is 1.42. The van der Waals surface area contributed by atoms with Crippen LogP contribution >= 0.6 is 27.7 Å². The van der Waals surface area contributed by atoms with Crippen LogP contribution in [-0.2, 0) is 4.79 Å². The van der Waals surface area contributed by atoms with Crippen molar-refractivity contribution in [1.82, 2.24) is 10.3 Å². The molecule has 1 amide bonds. The van der Waals surface area contributed by atoms with Gasteiger partial charge >= 0.3 is 0 Å². The van der Waals surface area contributed by atoms with Gasteiger partial charge in [-0.25, -0.2) is 5.01 Å². The van der Waals surface area contributed by atoms with Crippen LogP contribution in [0.25, 0.3) is 5.70 Å². The number of nitrogens with one attached hydrogen (secondary N) is 1. The standard InChI is InChI=1S/C19H17BrN4O2S/c1-3-27-19-22-18(25)16-12-6-4-5-7-14(12)21-17(24(16)23-19)11-8-9-15(26-2)13(20)10-11/h4-10,17H,3H2,1-2H3,(H,22,23,25). The Hall–Kier alpha value is -2.32. The minimum atomic E-state index is -0.435. The normalized spacial score (nSPS) is 18.1. The SMILES string of the molecule is CCSC1=NN2C(=c3ccccc3=NC2c2ccc(OC)c(Br)c2)C(=O)N1. The largest absolute Gasteiger partial charge is 0.496 e. The zero-order valence-electron chi connectivity index (χ0n) is 14.8. The van der Waals surface area contributed by atoms with Gasteiger partial charge in [0.1, 0.15) is 11.4 Å². The molecule has 0 aromatic heterocycles. The van der Waals surface area contributed by atoms with Crippen LogP contribution < -0.4 is 20.6 Å². The van der Waals surface area contributed by atoms with E-state index in [1.165, 1.54) is 11.8 Å². The van der Waals surface area contributed by atoms with E-state index in [-0.39, 0.29) is 5.91 Å². The number of ether oxygens (including phenoxy) is 1. The number of amides is 1. The molecule has 8 heteroatoms. The van der Waals surface area contributed by atoms with Crippen molar-refractivity contribution in [2.75, 3.05) is 12.9 Å². The van der Waals surface area contributed by atoms with E-state index in [1.54, 1.807) is 12.1 Å². The van der Waals surface area contributed by atoms with E-state index >= 15 is 0 Å². The van der Waals surface area contributed by atoms with Gasteiger partial charge in [0.2, 0.25) is 0 Å². The van der Waals surface area contributed by atoms with Crippen molar-refractivity contribution in [3.8, 4) is 5.75 Å². The van der Waals surface area contributed by atoms with Gasteiger partial charge in [0, 0.05) is 5.22 Å². The highest BCUT2D eigenvalue weighted by Gasteiger charge is 2.34. The Balaban J connectivity index is 1.92. The molecule has 1 unspecified atom stereocenters. The molecule has 2 aliphatic rings. The van der Waals surface area contributed by atoms with E-state index in [0.717, 1.165) is 32.1 Å². The van der Waals surface area contributed by atoms with Crippen LogP contribution in [0.2, 0.25) is 0 Å². The molecule has 2 aromatic carbocycles. The zero-order valence-corrected chi connectivity index (χ0v) is 17.2. The van der Waals surface area contributed by atoms with E-state index in [9.17, 15) is 4.79 Å². The number of fused-ring (bicyclic) bond motifs is 2. The number of hydrogen-bond donors (Lipinski definition) is 1. The van der Waals surface area contributed by atoms with E-state index < -0.39 is 6.17 Å². The summed E-state index contributed by atoms with van der Waals surface area (Å²) >= 11 is 5.02. The second-order valence-corrected chi connectivity index (χ2v) is 8.01. The lowest BCUT2D eigenvalue weighted by atomic mass is 10.1. The number of halogens is 1. The van der Waals surface area contributed by atoms with Gasteiger partial charge in [-0.05, 0) is 45.4 Å². The number of thioether (sulfide) groups is 1. The van der Waals surface area contributed by atoms with Gasteiger partial charge in [0.25, 0.3) is 5.91 Å². The van der Waals surface area contributed by atoms with Crippen molar-refractivity contribution in [2.24, 2.45) is 10.1 Å². The molecule has 1 atom stereocenters. The highest BCUT2D eigenvalue weighted by molar-refractivity contribution is 9.10. The number of carbonyl (C=O) groups is 1. The first-order chi connectivity index (χ1) is 13.1. The van der Waals surface area contributed by atoms with Gasteiger partial charge in [-0.15, -0.1) is 5.10 Å². The molecule has 0 saturated heterocycles. The molecular formula is C19H17BrN4O2S. The molecule has 2 aromatic rings. The van der Waals surface area contributed by atoms with Crippen LogP contribution in [0.4, 0.5) is 0 Å². The molecule has 2 aliphatic heterocycles. The lowest BCUT2D eigenvalue weighted by Gasteiger charge is -2.34. The van der Waals surface area contributed by atoms with Crippen LogP contribution in [-0.4, -0.2) is 28.9 Å². The maximum Gasteiger partial charge on any atom is 0.276 e. The predicted molar refractivity (Wildman–Crippen MR) is 110 cm³/mol. The smallest absolute Gasteiger partial charge is 0.276 e. The third-order valence-electron chi connectivity index (χ3n) is 4.27. The number of nitrogens with zero attached hydrogens (tertiary/aromatic N) is 3. The lowest BCUT2D eigenvalue weighted by Crippen LogP contribution is -2.50. The van der Waals surface area contributed by atoms with Gasteiger partial charge in [0.15, 0.2) is 11.3 Å². The molecule has 2 heterocycles. The number of carbonyl (C=O) groups excluding carboxylic acids is 1. The average Bonchev–Trinajstić information content (AvgIpc) is 2.67. The van der Waals surface area contributed by atoms with Crippen LogP contribution in [0, 0.1) is 0 Å². The number of benzene rings is 2. The van der Waals surface area contributed by atoms with Crippen molar-refractivity contribution in [1.29, 1.82) is 0 Å². The third-order valence-corrected chi connectivity index (χ3v) is 5.64. The highest BCUT2D eigenvalue weighted by atomic mass is 79.9. The highest BCUT2D eigenvalue weighted by Crippen LogP contribution is 2.34. The summed E-state index contributed by atoms with van der Waals surface area (Å²) in [4.78, 5) is 17.7. The Morgan fingerprint density at radius 1 is 1.30 bits per heavy atom. The topological polar surface area (TPSA) is 66.3 Å². The third kappa shape index (κ3) is 3.23. The van der Waals surface area contributed by atoms with Crippen molar-refractivity contribution in [3.05, 3.63) is 63.1 Å². The average molecular weight is 445 g/mol. The maximum atomic E-state index is 12.9. The van der Waals surface area contributed by atoms with Crippen molar-refractivity contribution in [3.63, 3.8) is 0 Å². The van der Waals surface area contributed by atoms with E-state index in [4.69, 9.17) is 9.73 Å². The molecule has 0 spiro atoms. The molecule has 4 rings (SSSR count).